The van der Waals surface area contributed by atoms with Crippen LogP contribution >= 0.6 is 0 Å². The first kappa shape index (κ1) is 27.5. The van der Waals surface area contributed by atoms with Crippen LogP contribution in [0.1, 0.15) is 28.7 Å². The molecule has 4 heteroatoms. The van der Waals surface area contributed by atoms with Gasteiger partial charge in [0.15, 0.2) is 0 Å². The number of hydrogen-bond donors (Lipinski definition) is 1. The van der Waals surface area contributed by atoms with Crippen molar-refractivity contribution < 1.29 is 19.3 Å². The van der Waals surface area contributed by atoms with E-state index in [4.69, 9.17) is 14.2 Å². The first-order valence-electron chi connectivity index (χ1n) is 13.1. The lowest BCUT2D eigenvalue weighted by atomic mass is 10.0. The zero-order valence-electron chi connectivity index (χ0n) is 21.6. The highest BCUT2D eigenvalue weighted by molar-refractivity contribution is 5.49. The van der Waals surface area contributed by atoms with Gasteiger partial charge in [-0.05, 0) is 28.7 Å². The van der Waals surface area contributed by atoms with Gasteiger partial charge in [0, 0.05) is 6.61 Å². The molecule has 0 spiro atoms. The third-order valence-electron chi connectivity index (χ3n) is 6.26. The number of aliphatic hydroxyl groups is 1. The summed E-state index contributed by atoms with van der Waals surface area (Å²) in [4.78, 5) is 0. The Hall–Kier alpha value is -3.54. The zero-order chi connectivity index (χ0) is 26.3. The Bertz CT molecular complexity index is 1180. The Morgan fingerprint density at radius 2 is 1.00 bits per heavy atom. The van der Waals surface area contributed by atoms with Crippen molar-refractivity contribution in [3.8, 4) is 0 Å². The third-order valence-corrected chi connectivity index (χ3v) is 6.26. The molecule has 0 aliphatic carbocycles. The second kappa shape index (κ2) is 15.7. The molecule has 0 saturated heterocycles. The molecule has 196 valence electrons. The molecule has 0 amide bonds. The fourth-order valence-electron chi connectivity index (χ4n) is 4.22. The van der Waals surface area contributed by atoms with Gasteiger partial charge in [0.25, 0.3) is 0 Å². The van der Waals surface area contributed by atoms with Gasteiger partial charge in [-0.3, -0.25) is 0 Å². The van der Waals surface area contributed by atoms with Crippen LogP contribution in [0.5, 0.6) is 0 Å². The molecule has 0 radical (unpaired) electrons. The average Bonchev–Trinajstić information content (AvgIpc) is 2.99. The molecule has 0 fully saturated rings. The maximum atomic E-state index is 9.97. The lowest BCUT2D eigenvalue weighted by Crippen LogP contribution is -2.42. The minimum absolute atomic E-state index is 0.0154. The van der Waals surface area contributed by atoms with Crippen LogP contribution in [0.2, 0.25) is 0 Å². The lowest BCUT2D eigenvalue weighted by molar-refractivity contribution is -0.142. The van der Waals surface area contributed by atoms with Crippen LogP contribution in [0, 0.1) is 0 Å². The van der Waals surface area contributed by atoms with Gasteiger partial charge in [0.2, 0.25) is 0 Å². The zero-order valence-corrected chi connectivity index (χ0v) is 21.6. The van der Waals surface area contributed by atoms with Crippen LogP contribution in [0.3, 0.4) is 0 Å². The molecule has 4 rings (SSSR count). The van der Waals surface area contributed by atoms with E-state index in [0.717, 1.165) is 22.3 Å². The summed E-state index contributed by atoms with van der Waals surface area (Å²) in [5.74, 6) is 0. The van der Waals surface area contributed by atoms with Crippen molar-refractivity contribution in [1.82, 2.24) is 0 Å². The topological polar surface area (TPSA) is 47.9 Å². The first-order chi connectivity index (χ1) is 18.8. The Balaban J connectivity index is 1.60. The minimum atomic E-state index is -0.449. The molecule has 4 aromatic carbocycles. The molecule has 0 aliphatic rings. The summed E-state index contributed by atoms with van der Waals surface area (Å²) in [7, 11) is 0. The molecular weight excluding hydrogens is 472 g/mol. The lowest BCUT2D eigenvalue weighted by Gasteiger charge is -2.32. The second-order valence-electron chi connectivity index (χ2n) is 9.14. The van der Waals surface area contributed by atoms with E-state index in [2.05, 4.69) is 30.3 Å². The minimum Gasteiger partial charge on any atom is -0.396 e. The molecule has 4 aromatic rings. The van der Waals surface area contributed by atoms with E-state index in [9.17, 15) is 5.11 Å². The van der Waals surface area contributed by atoms with E-state index in [-0.39, 0.29) is 12.7 Å². The number of rotatable bonds is 15. The van der Waals surface area contributed by atoms with Crippen LogP contribution in [0.25, 0.3) is 6.08 Å². The van der Waals surface area contributed by atoms with Crippen molar-refractivity contribution in [3.05, 3.63) is 150 Å². The Labute approximate surface area is 226 Å². The summed E-state index contributed by atoms with van der Waals surface area (Å²) in [6, 6.07) is 40.4. The normalized spacial score (nSPS) is 13.8. The summed E-state index contributed by atoms with van der Waals surface area (Å²) in [6.45, 7) is 1.25. The van der Waals surface area contributed by atoms with E-state index >= 15 is 0 Å². The number of ether oxygens (including phenoxy) is 3. The average molecular weight is 509 g/mol. The molecule has 0 bridgehead atoms. The number of benzene rings is 4. The number of hydrogen-bond acceptors (Lipinski definition) is 4. The van der Waals surface area contributed by atoms with Crippen molar-refractivity contribution >= 4 is 6.08 Å². The molecule has 38 heavy (non-hydrogen) atoms. The molecule has 4 nitrogen and oxygen atoms in total. The van der Waals surface area contributed by atoms with E-state index in [0.29, 0.717) is 26.2 Å². The quantitative estimate of drug-likeness (QED) is 0.191. The fourth-order valence-corrected chi connectivity index (χ4v) is 4.22. The van der Waals surface area contributed by atoms with Gasteiger partial charge in [0.05, 0.1) is 25.9 Å². The summed E-state index contributed by atoms with van der Waals surface area (Å²) in [5, 5.41) is 9.97. The summed E-state index contributed by atoms with van der Waals surface area (Å²) in [5.41, 5.74) is 4.29. The predicted molar refractivity (Wildman–Crippen MR) is 152 cm³/mol. The molecular formula is C34H36O4. The summed E-state index contributed by atoms with van der Waals surface area (Å²) in [6.07, 6.45) is 3.29. The van der Waals surface area contributed by atoms with Crippen LogP contribution < -0.4 is 0 Å². The third kappa shape index (κ3) is 9.09. The first-order valence-corrected chi connectivity index (χ1v) is 13.1. The standard InChI is InChI=1S/C34H36O4/c35-24-23-33(37-26-30-17-9-3-10-18-30)34(38-27-31-19-11-4-12-20-31)32(22-21-28-13-5-1-6-14-28)36-25-29-15-7-2-8-16-29/h1-22,32-35H,23-27H2/b22-21+/t32-,33-,34-/m1/s1. The molecule has 1 N–H and O–H groups in total. The monoisotopic (exact) mass is 508 g/mol. The van der Waals surface area contributed by atoms with Crippen molar-refractivity contribution in [1.29, 1.82) is 0 Å². The van der Waals surface area contributed by atoms with Gasteiger partial charge in [-0.2, -0.15) is 0 Å². The number of aliphatic hydroxyl groups excluding tert-OH is 1. The predicted octanol–water partition coefficient (Wildman–Crippen LogP) is 6.84. The Kier molecular flexibility index (Phi) is 11.3. The molecule has 0 aliphatic heterocycles. The van der Waals surface area contributed by atoms with Gasteiger partial charge in [-0.15, -0.1) is 0 Å². The van der Waals surface area contributed by atoms with Gasteiger partial charge in [-0.25, -0.2) is 0 Å². The van der Waals surface area contributed by atoms with Crippen molar-refractivity contribution in [2.75, 3.05) is 6.61 Å². The van der Waals surface area contributed by atoms with Crippen molar-refractivity contribution in [3.63, 3.8) is 0 Å². The highest BCUT2D eigenvalue weighted by atomic mass is 16.6. The van der Waals surface area contributed by atoms with Crippen LogP contribution in [0.4, 0.5) is 0 Å². The van der Waals surface area contributed by atoms with E-state index in [1.54, 1.807) is 0 Å². The fraction of sp³-hybridized carbons (Fsp3) is 0.235. The molecule has 0 aromatic heterocycles. The summed E-state index contributed by atoms with van der Waals surface area (Å²) < 4.78 is 19.5. The molecule has 3 atom stereocenters. The SMILES string of the molecule is OCC[C@@H](OCc1ccccc1)[C@H](OCc1ccccc1)[C@@H](/C=C/c1ccccc1)OCc1ccccc1. The summed E-state index contributed by atoms with van der Waals surface area (Å²) >= 11 is 0. The van der Waals surface area contributed by atoms with E-state index < -0.39 is 12.2 Å². The second-order valence-corrected chi connectivity index (χ2v) is 9.14. The Morgan fingerprint density at radius 3 is 1.50 bits per heavy atom. The maximum absolute atomic E-state index is 9.97. The van der Waals surface area contributed by atoms with Crippen LogP contribution in [-0.4, -0.2) is 30.0 Å². The van der Waals surface area contributed by atoms with Gasteiger partial charge < -0.3 is 19.3 Å². The van der Waals surface area contributed by atoms with E-state index in [1.807, 2.05) is 103 Å². The molecule has 0 heterocycles. The largest absolute Gasteiger partial charge is 0.396 e. The Morgan fingerprint density at radius 1 is 0.553 bits per heavy atom. The van der Waals surface area contributed by atoms with Gasteiger partial charge in [0.1, 0.15) is 12.2 Å². The van der Waals surface area contributed by atoms with Crippen LogP contribution in [0.15, 0.2) is 127 Å². The smallest absolute Gasteiger partial charge is 0.114 e. The van der Waals surface area contributed by atoms with Gasteiger partial charge in [-0.1, -0.05) is 133 Å². The molecule has 0 unspecified atom stereocenters. The highest BCUT2D eigenvalue weighted by Crippen LogP contribution is 2.22. The highest BCUT2D eigenvalue weighted by Gasteiger charge is 2.31. The maximum Gasteiger partial charge on any atom is 0.114 e. The molecule has 0 saturated carbocycles. The van der Waals surface area contributed by atoms with Crippen molar-refractivity contribution in [2.24, 2.45) is 0 Å². The van der Waals surface area contributed by atoms with Gasteiger partial charge >= 0.3 is 0 Å². The van der Waals surface area contributed by atoms with Crippen molar-refractivity contribution in [2.45, 2.75) is 44.6 Å². The van der Waals surface area contributed by atoms with E-state index in [1.165, 1.54) is 0 Å². The van der Waals surface area contributed by atoms with Crippen LogP contribution in [-0.2, 0) is 34.0 Å².